The predicted octanol–water partition coefficient (Wildman–Crippen LogP) is -1.13. The molecular weight excluding hydrogens is 224 g/mol. The lowest BCUT2D eigenvalue weighted by molar-refractivity contribution is -0.160. The van der Waals surface area contributed by atoms with Crippen LogP contribution in [0.2, 0.25) is 0 Å². The second-order valence-electron chi connectivity index (χ2n) is 5.24. The number of morpholine rings is 1. The van der Waals surface area contributed by atoms with E-state index in [0.29, 0.717) is 13.1 Å². The highest BCUT2D eigenvalue weighted by Gasteiger charge is 2.42. The first kappa shape index (κ1) is 12.5. The van der Waals surface area contributed by atoms with Crippen LogP contribution in [-0.4, -0.2) is 59.3 Å². The molecule has 2 atom stereocenters. The summed E-state index contributed by atoms with van der Waals surface area (Å²) in [6.07, 6.45) is -0.102. The molecule has 0 saturated carbocycles. The van der Waals surface area contributed by atoms with Crippen LogP contribution in [0.3, 0.4) is 0 Å². The molecule has 96 valence electrons. The normalized spacial score (nSPS) is 33.8. The minimum atomic E-state index is -0.419. The highest BCUT2D eigenvalue weighted by molar-refractivity contribution is 6.05. The number of ether oxygens (including phenoxy) is 1. The molecule has 2 N–H and O–H groups in total. The van der Waals surface area contributed by atoms with Gasteiger partial charge in [0.1, 0.15) is 0 Å². The van der Waals surface area contributed by atoms with Gasteiger partial charge in [-0.15, -0.1) is 0 Å². The lowest BCUT2D eigenvalue weighted by atomic mass is 10.0. The zero-order valence-electron chi connectivity index (χ0n) is 10.1. The maximum Gasteiger partial charge on any atom is 0.244 e. The number of aliphatic hydroxyl groups is 1. The summed E-state index contributed by atoms with van der Waals surface area (Å²) in [4.78, 5) is 24.7. The molecular formula is C11H18N2O4. The van der Waals surface area contributed by atoms with Crippen molar-refractivity contribution in [3.63, 3.8) is 0 Å². The fourth-order valence-electron chi connectivity index (χ4n) is 2.51. The van der Waals surface area contributed by atoms with E-state index in [9.17, 15) is 14.7 Å². The Labute approximate surface area is 99.9 Å². The van der Waals surface area contributed by atoms with Gasteiger partial charge in [0, 0.05) is 13.1 Å². The number of aliphatic hydroxyl groups excluding tert-OH is 1. The van der Waals surface area contributed by atoms with Crippen LogP contribution in [-0.2, 0) is 14.3 Å². The summed E-state index contributed by atoms with van der Waals surface area (Å²) >= 11 is 0. The van der Waals surface area contributed by atoms with Crippen molar-refractivity contribution >= 4 is 11.8 Å². The fraction of sp³-hybridized carbons (Fsp3) is 0.818. The number of carbonyl (C=O) groups is 2. The Balaban J connectivity index is 2.10. The number of imide groups is 1. The van der Waals surface area contributed by atoms with Gasteiger partial charge in [-0.05, 0) is 13.8 Å². The second-order valence-corrected chi connectivity index (χ2v) is 5.24. The van der Waals surface area contributed by atoms with Crippen molar-refractivity contribution in [3.8, 4) is 0 Å². The Kier molecular flexibility index (Phi) is 3.20. The Morgan fingerprint density at radius 2 is 2.24 bits per heavy atom. The minimum Gasteiger partial charge on any atom is -0.394 e. The zero-order chi connectivity index (χ0) is 12.6. The van der Waals surface area contributed by atoms with Gasteiger partial charge in [0.2, 0.25) is 11.8 Å². The number of hydrogen-bond acceptors (Lipinski definition) is 5. The molecule has 2 unspecified atom stereocenters. The van der Waals surface area contributed by atoms with E-state index in [1.54, 1.807) is 0 Å². The first-order valence-electron chi connectivity index (χ1n) is 5.78. The molecule has 2 aliphatic rings. The summed E-state index contributed by atoms with van der Waals surface area (Å²) in [5.74, 6) is -0.478. The molecule has 0 bridgehead atoms. The lowest BCUT2D eigenvalue weighted by Gasteiger charge is -2.43. The van der Waals surface area contributed by atoms with E-state index < -0.39 is 11.6 Å². The summed E-state index contributed by atoms with van der Waals surface area (Å²) in [5.41, 5.74) is -0.419. The average Bonchev–Trinajstić information content (AvgIpc) is 2.55. The number of rotatable bonds is 2. The summed E-state index contributed by atoms with van der Waals surface area (Å²) in [6, 6.07) is -0.417. The van der Waals surface area contributed by atoms with Gasteiger partial charge < -0.3 is 9.84 Å². The molecule has 2 amide bonds. The molecule has 0 aliphatic carbocycles. The monoisotopic (exact) mass is 242 g/mol. The van der Waals surface area contributed by atoms with Crippen molar-refractivity contribution < 1.29 is 19.4 Å². The Bertz CT molecular complexity index is 342. The molecule has 0 aromatic heterocycles. The van der Waals surface area contributed by atoms with Crippen LogP contribution in [0.1, 0.15) is 20.3 Å². The van der Waals surface area contributed by atoms with Crippen molar-refractivity contribution in [2.45, 2.75) is 38.0 Å². The van der Waals surface area contributed by atoms with Crippen LogP contribution in [0, 0.1) is 0 Å². The van der Waals surface area contributed by atoms with Crippen molar-refractivity contribution in [2.24, 2.45) is 0 Å². The first-order valence-corrected chi connectivity index (χ1v) is 5.78. The summed E-state index contributed by atoms with van der Waals surface area (Å²) in [7, 11) is 0. The van der Waals surface area contributed by atoms with Crippen LogP contribution in [0.15, 0.2) is 0 Å². The van der Waals surface area contributed by atoms with Crippen LogP contribution < -0.4 is 5.32 Å². The summed E-state index contributed by atoms with van der Waals surface area (Å²) in [6.45, 7) is 4.80. The van der Waals surface area contributed by atoms with Gasteiger partial charge in [-0.25, -0.2) is 0 Å². The van der Waals surface area contributed by atoms with Crippen molar-refractivity contribution in [1.82, 2.24) is 10.2 Å². The molecule has 2 saturated heterocycles. The van der Waals surface area contributed by atoms with E-state index in [2.05, 4.69) is 5.32 Å². The molecule has 17 heavy (non-hydrogen) atoms. The number of hydrogen-bond donors (Lipinski definition) is 2. The highest BCUT2D eigenvalue weighted by Crippen LogP contribution is 2.24. The van der Waals surface area contributed by atoms with Crippen molar-refractivity contribution in [1.29, 1.82) is 0 Å². The number of nitrogens with one attached hydrogen (secondary N) is 1. The highest BCUT2D eigenvalue weighted by atomic mass is 16.5. The van der Waals surface area contributed by atoms with E-state index in [1.807, 2.05) is 18.7 Å². The van der Waals surface area contributed by atoms with Gasteiger partial charge in [0.15, 0.2) is 0 Å². The summed E-state index contributed by atoms with van der Waals surface area (Å²) < 4.78 is 5.67. The van der Waals surface area contributed by atoms with Gasteiger partial charge >= 0.3 is 0 Å². The number of carbonyl (C=O) groups excluding carboxylic acids is 2. The zero-order valence-corrected chi connectivity index (χ0v) is 10.1. The van der Waals surface area contributed by atoms with E-state index in [1.165, 1.54) is 0 Å². The molecule has 0 aromatic carbocycles. The third-order valence-electron chi connectivity index (χ3n) is 3.10. The molecule has 2 rings (SSSR count). The SMILES string of the molecule is CC1(C)CN(C2CC(=O)NC2=O)CC(CO)O1. The molecule has 2 heterocycles. The van der Waals surface area contributed by atoms with Gasteiger partial charge in [-0.2, -0.15) is 0 Å². The maximum atomic E-state index is 11.6. The molecule has 6 nitrogen and oxygen atoms in total. The summed E-state index contributed by atoms with van der Waals surface area (Å²) in [5, 5.41) is 11.5. The Hall–Kier alpha value is -0.980. The van der Waals surface area contributed by atoms with E-state index in [-0.39, 0.29) is 30.9 Å². The van der Waals surface area contributed by atoms with Crippen LogP contribution in [0.4, 0.5) is 0 Å². The molecule has 2 fully saturated rings. The fourth-order valence-corrected chi connectivity index (χ4v) is 2.51. The Morgan fingerprint density at radius 3 is 2.76 bits per heavy atom. The predicted molar refractivity (Wildman–Crippen MR) is 59.2 cm³/mol. The van der Waals surface area contributed by atoms with Gasteiger partial charge in [-0.3, -0.25) is 19.8 Å². The van der Waals surface area contributed by atoms with Gasteiger partial charge in [0.05, 0.1) is 30.8 Å². The molecule has 0 spiro atoms. The third-order valence-corrected chi connectivity index (χ3v) is 3.10. The third kappa shape index (κ3) is 2.65. The quantitative estimate of drug-likeness (QED) is 0.599. The van der Waals surface area contributed by atoms with Crippen LogP contribution in [0.25, 0.3) is 0 Å². The van der Waals surface area contributed by atoms with Crippen molar-refractivity contribution in [2.75, 3.05) is 19.7 Å². The molecule has 6 heteroatoms. The lowest BCUT2D eigenvalue weighted by Crippen LogP contribution is -2.58. The largest absolute Gasteiger partial charge is 0.394 e. The second kappa shape index (κ2) is 4.36. The van der Waals surface area contributed by atoms with Crippen LogP contribution >= 0.6 is 0 Å². The standard InChI is InChI=1S/C11H18N2O4/c1-11(2)6-13(4-7(5-14)17-11)8-3-9(15)12-10(8)16/h7-8,14H,3-6H2,1-2H3,(H,12,15,16). The molecule has 0 radical (unpaired) electrons. The van der Waals surface area contributed by atoms with Gasteiger partial charge in [-0.1, -0.05) is 0 Å². The first-order chi connectivity index (χ1) is 7.91. The minimum absolute atomic E-state index is 0.0811. The van der Waals surface area contributed by atoms with E-state index >= 15 is 0 Å². The molecule has 2 aliphatic heterocycles. The molecule has 0 aromatic rings. The topological polar surface area (TPSA) is 78.9 Å². The maximum absolute atomic E-state index is 11.6. The number of amides is 2. The van der Waals surface area contributed by atoms with Crippen LogP contribution in [0.5, 0.6) is 0 Å². The number of nitrogens with zero attached hydrogens (tertiary/aromatic N) is 1. The van der Waals surface area contributed by atoms with Gasteiger partial charge in [0.25, 0.3) is 0 Å². The van der Waals surface area contributed by atoms with Crippen molar-refractivity contribution in [3.05, 3.63) is 0 Å². The Morgan fingerprint density at radius 1 is 1.53 bits per heavy atom. The van der Waals surface area contributed by atoms with E-state index in [4.69, 9.17) is 4.74 Å². The average molecular weight is 242 g/mol. The smallest absolute Gasteiger partial charge is 0.244 e. The van der Waals surface area contributed by atoms with E-state index in [0.717, 1.165) is 0 Å².